The zero-order chi connectivity index (χ0) is 17.4. The van der Waals surface area contributed by atoms with E-state index in [1.165, 1.54) is 0 Å². The molecular formula is C17H21N. The molecule has 1 heterocycles. The van der Waals surface area contributed by atoms with Crippen LogP contribution in [0.15, 0.2) is 36.5 Å². The van der Waals surface area contributed by atoms with Crippen molar-refractivity contribution in [3.8, 4) is 11.3 Å². The third-order valence-electron chi connectivity index (χ3n) is 2.74. The van der Waals surface area contributed by atoms with Crippen molar-refractivity contribution in [1.82, 2.24) is 4.98 Å². The molecule has 1 heteroatoms. The Morgan fingerprint density at radius 1 is 1.28 bits per heavy atom. The van der Waals surface area contributed by atoms with Crippen molar-refractivity contribution in [2.75, 3.05) is 0 Å². The highest BCUT2D eigenvalue weighted by Crippen LogP contribution is 2.21. The second-order valence-corrected chi connectivity index (χ2v) is 4.76. The maximum absolute atomic E-state index is 8.20. The molecule has 0 radical (unpaired) electrons. The quantitative estimate of drug-likeness (QED) is 0.771. The fourth-order valence-corrected chi connectivity index (χ4v) is 1.82. The van der Waals surface area contributed by atoms with Gasteiger partial charge in [0, 0.05) is 18.6 Å². The van der Waals surface area contributed by atoms with Crippen LogP contribution < -0.4 is 0 Å². The molecule has 0 aliphatic carbocycles. The maximum Gasteiger partial charge on any atom is 0.0704 e. The molecule has 0 saturated heterocycles. The van der Waals surface area contributed by atoms with Gasteiger partial charge in [-0.3, -0.25) is 4.98 Å². The van der Waals surface area contributed by atoms with Crippen LogP contribution in [-0.4, -0.2) is 4.98 Å². The van der Waals surface area contributed by atoms with Crippen molar-refractivity contribution in [2.45, 2.75) is 34.0 Å². The first-order chi connectivity index (χ1) is 10.5. The Bertz CT molecular complexity index is 687. The summed E-state index contributed by atoms with van der Waals surface area (Å²) in [6, 6.07) is 8.49. The molecular weight excluding hydrogens is 218 g/mol. The van der Waals surface area contributed by atoms with Gasteiger partial charge in [-0.05, 0) is 43.3 Å². The zero-order valence-electron chi connectivity index (χ0n) is 16.0. The lowest BCUT2D eigenvalue weighted by Crippen LogP contribution is -1.98. The van der Waals surface area contributed by atoms with Crippen LogP contribution in [0, 0.1) is 19.7 Å². The minimum Gasteiger partial charge on any atom is -0.256 e. The molecule has 0 amide bonds. The van der Waals surface area contributed by atoms with Gasteiger partial charge in [-0.25, -0.2) is 0 Å². The van der Waals surface area contributed by atoms with Gasteiger partial charge < -0.3 is 0 Å². The third kappa shape index (κ3) is 2.98. The van der Waals surface area contributed by atoms with E-state index in [2.05, 4.69) is 4.98 Å². The fourth-order valence-electron chi connectivity index (χ4n) is 1.82. The Hall–Kier alpha value is -1.63. The average molecular weight is 244 g/mol. The Labute approximate surface area is 117 Å². The molecule has 94 valence electrons. The number of benzene rings is 1. The molecule has 1 nitrogen and oxygen atoms in total. The molecule has 0 spiro atoms. The van der Waals surface area contributed by atoms with Crippen LogP contribution in [-0.2, 0) is 6.37 Å². The van der Waals surface area contributed by atoms with Gasteiger partial charge in [0.15, 0.2) is 0 Å². The number of hydrogen-bond donors (Lipinski definition) is 0. The topological polar surface area (TPSA) is 12.9 Å². The van der Waals surface area contributed by atoms with Crippen LogP contribution in [0.1, 0.15) is 37.4 Å². The summed E-state index contributed by atoms with van der Waals surface area (Å²) < 4.78 is 38.6. The molecule has 0 N–H and O–H groups in total. The first-order valence-electron chi connectivity index (χ1n) is 8.61. The largest absolute Gasteiger partial charge is 0.256 e. The van der Waals surface area contributed by atoms with Crippen molar-refractivity contribution >= 4 is 0 Å². The number of aryl methyl sites for hydroxylation is 2. The van der Waals surface area contributed by atoms with Crippen molar-refractivity contribution in [3.05, 3.63) is 53.2 Å². The van der Waals surface area contributed by atoms with E-state index in [-0.39, 0.29) is 5.92 Å². The molecule has 0 bridgehead atoms. The Balaban J connectivity index is 2.38. The number of nitrogens with zero attached hydrogens (tertiary/aromatic N) is 1. The summed E-state index contributed by atoms with van der Waals surface area (Å²) in [4.78, 5) is 4.37. The Kier molecular flexibility index (Phi) is 2.29. The molecule has 0 atom stereocenters. The molecule has 2 rings (SSSR count). The second-order valence-electron chi connectivity index (χ2n) is 4.76. The highest BCUT2D eigenvalue weighted by Gasteiger charge is 2.05. The smallest absolute Gasteiger partial charge is 0.0704 e. The predicted molar refractivity (Wildman–Crippen MR) is 77.7 cm³/mol. The maximum atomic E-state index is 8.20. The Morgan fingerprint density at radius 3 is 2.56 bits per heavy atom. The summed E-state index contributed by atoms with van der Waals surface area (Å²) in [5.41, 5.74) is 3.26. The molecule has 0 aliphatic rings. The molecule has 1 aromatic carbocycles. The first-order valence-corrected chi connectivity index (χ1v) is 6.11. The van der Waals surface area contributed by atoms with Gasteiger partial charge >= 0.3 is 0 Å². The minimum absolute atomic E-state index is 0.146. The van der Waals surface area contributed by atoms with Crippen molar-refractivity contribution in [2.24, 2.45) is 5.92 Å². The summed E-state index contributed by atoms with van der Waals surface area (Å²) in [6.45, 7) is 3.46. The fraction of sp³-hybridized carbons (Fsp3) is 0.353. The number of pyridine rings is 1. The molecule has 2 aromatic rings. The lowest BCUT2D eigenvalue weighted by atomic mass is 9.99. The highest BCUT2D eigenvalue weighted by molar-refractivity contribution is 5.60. The van der Waals surface area contributed by atoms with E-state index in [0.717, 1.165) is 11.1 Å². The minimum atomic E-state index is -2.11. The average Bonchev–Trinajstić information content (AvgIpc) is 2.46. The van der Waals surface area contributed by atoms with Crippen LogP contribution in [0.3, 0.4) is 0 Å². The molecule has 0 saturated carbocycles. The van der Waals surface area contributed by atoms with E-state index < -0.39 is 13.2 Å². The van der Waals surface area contributed by atoms with E-state index in [4.69, 9.17) is 6.85 Å². The normalized spacial score (nSPS) is 16.6. The second kappa shape index (κ2) is 5.34. The SMILES string of the molecule is [2H]C([2H])([2H])c1ccc(-c2cc(C)c(C([2H])([2H])C(C)C)cn2)cc1. The lowest BCUT2D eigenvalue weighted by molar-refractivity contribution is 0.643. The van der Waals surface area contributed by atoms with E-state index in [0.29, 0.717) is 16.8 Å². The Morgan fingerprint density at radius 2 is 2.00 bits per heavy atom. The van der Waals surface area contributed by atoms with Crippen LogP contribution in [0.2, 0.25) is 0 Å². The van der Waals surface area contributed by atoms with Gasteiger partial charge in [0.05, 0.1) is 5.69 Å². The van der Waals surface area contributed by atoms with E-state index in [9.17, 15) is 0 Å². The molecule has 0 fully saturated rings. The van der Waals surface area contributed by atoms with Crippen LogP contribution in [0.25, 0.3) is 11.3 Å². The zero-order valence-corrected chi connectivity index (χ0v) is 11.0. The summed E-state index contributed by atoms with van der Waals surface area (Å²) >= 11 is 0. The van der Waals surface area contributed by atoms with Gasteiger partial charge in [-0.1, -0.05) is 43.7 Å². The van der Waals surface area contributed by atoms with Crippen LogP contribution in [0.4, 0.5) is 0 Å². The van der Waals surface area contributed by atoms with Gasteiger partial charge in [-0.15, -0.1) is 0 Å². The monoisotopic (exact) mass is 244 g/mol. The van der Waals surface area contributed by atoms with Gasteiger partial charge in [0.25, 0.3) is 0 Å². The van der Waals surface area contributed by atoms with E-state index in [1.807, 2.05) is 26.8 Å². The standard InChI is InChI=1S/C17H21N/c1-12(2)9-16-11-18-17(10-14(16)4)15-7-5-13(3)6-8-15/h5-8,10-12H,9H2,1-4H3/i3D3,9D2. The summed E-state index contributed by atoms with van der Waals surface area (Å²) in [7, 11) is 0. The summed E-state index contributed by atoms with van der Waals surface area (Å²) in [5, 5.41) is 0. The molecule has 0 aliphatic heterocycles. The van der Waals surface area contributed by atoms with E-state index in [1.54, 1.807) is 30.5 Å². The number of rotatable bonds is 3. The van der Waals surface area contributed by atoms with E-state index >= 15 is 0 Å². The van der Waals surface area contributed by atoms with Gasteiger partial charge in [-0.2, -0.15) is 0 Å². The van der Waals surface area contributed by atoms with Crippen LogP contribution >= 0.6 is 0 Å². The van der Waals surface area contributed by atoms with Crippen molar-refractivity contribution < 1.29 is 6.85 Å². The first kappa shape index (κ1) is 7.73. The summed E-state index contributed by atoms with van der Waals surface area (Å²) in [5.74, 6) is -0.146. The third-order valence-corrected chi connectivity index (χ3v) is 2.74. The molecule has 0 unspecified atom stereocenters. The van der Waals surface area contributed by atoms with Crippen molar-refractivity contribution in [3.63, 3.8) is 0 Å². The molecule has 1 aromatic heterocycles. The predicted octanol–water partition coefficient (Wildman–Crippen LogP) is 4.56. The lowest BCUT2D eigenvalue weighted by Gasteiger charge is -2.10. The van der Waals surface area contributed by atoms with Crippen LogP contribution in [0.5, 0.6) is 0 Å². The van der Waals surface area contributed by atoms with Gasteiger partial charge in [0.2, 0.25) is 0 Å². The highest BCUT2D eigenvalue weighted by atomic mass is 14.7. The van der Waals surface area contributed by atoms with Crippen molar-refractivity contribution in [1.29, 1.82) is 0 Å². The van der Waals surface area contributed by atoms with Gasteiger partial charge in [0.1, 0.15) is 0 Å². The molecule has 18 heavy (non-hydrogen) atoms. The summed E-state index contributed by atoms with van der Waals surface area (Å²) in [6.07, 6.45) is 0.156. The number of aromatic nitrogens is 1. The number of hydrogen-bond acceptors (Lipinski definition) is 1.